The predicted molar refractivity (Wildman–Crippen MR) is 153 cm³/mol. The van der Waals surface area contributed by atoms with Crippen LogP contribution in [0, 0.1) is 11.8 Å². The molecule has 3 N–H and O–H groups in total. The van der Waals surface area contributed by atoms with E-state index < -0.39 is 21.8 Å². The Balaban J connectivity index is 1.31. The number of benzene rings is 2. The highest BCUT2D eigenvalue weighted by Gasteiger charge is 2.32. The highest BCUT2D eigenvalue weighted by molar-refractivity contribution is 7.89. The van der Waals surface area contributed by atoms with E-state index >= 15 is 0 Å². The van der Waals surface area contributed by atoms with E-state index in [1.165, 1.54) is 45.5 Å². The van der Waals surface area contributed by atoms with E-state index in [2.05, 4.69) is 36.2 Å². The fraction of sp³-hybridized carbons (Fsp3) is 0.379. The zero-order valence-corrected chi connectivity index (χ0v) is 23.9. The third-order valence-corrected chi connectivity index (χ3v) is 10.4. The fourth-order valence-corrected chi connectivity index (χ4v) is 8.66. The van der Waals surface area contributed by atoms with Gasteiger partial charge in [-0.3, -0.25) is 14.5 Å². The number of nitrogens with zero attached hydrogens (tertiary/aromatic N) is 2. The number of hydrogen-bond donors (Lipinski definition) is 2. The maximum atomic E-state index is 13.2. The number of nitrogens with two attached hydrogens (primary N) is 1. The summed E-state index contributed by atoms with van der Waals surface area (Å²) >= 11 is 1.38. The molecule has 5 rings (SSSR count). The first kappa shape index (κ1) is 27.5. The van der Waals surface area contributed by atoms with Crippen molar-refractivity contribution in [2.45, 2.75) is 44.7 Å². The van der Waals surface area contributed by atoms with Crippen molar-refractivity contribution in [3.63, 3.8) is 0 Å². The Hall–Kier alpha value is -3.05. The van der Waals surface area contributed by atoms with E-state index in [0.29, 0.717) is 54.0 Å². The van der Waals surface area contributed by atoms with E-state index in [-0.39, 0.29) is 4.90 Å². The third kappa shape index (κ3) is 5.94. The molecule has 0 bridgehead atoms. The standard InChI is InChI=1S/C29H34N4O4S2/c1-19-14-20(2)16-33(15-19)39(36,37)23-10-8-22(9-11-23)28(35)31-29-26(27(30)34)24-12-13-32(18-25(24)38-29)17-21-6-4-3-5-7-21/h3-11,19-20H,12-18H2,1-2H3,(H2,30,34)(H,31,35)/t19-,20+. The van der Waals surface area contributed by atoms with E-state index in [9.17, 15) is 18.0 Å². The molecule has 39 heavy (non-hydrogen) atoms. The summed E-state index contributed by atoms with van der Waals surface area (Å²) in [7, 11) is -3.64. The fourth-order valence-electron chi connectivity index (χ4n) is 5.69. The molecular weight excluding hydrogens is 532 g/mol. The molecule has 2 amide bonds. The summed E-state index contributed by atoms with van der Waals surface area (Å²) in [5.74, 6) is -0.378. The van der Waals surface area contributed by atoms with Crippen LogP contribution < -0.4 is 11.1 Å². The highest BCUT2D eigenvalue weighted by Crippen LogP contribution is 2.37. The molecule has 1 aromatic heterocycles. The summed E-state index contributed by atoms with van der Waals surface area (Å²) < 4.78 is 27.9. The number of fused-ring (bicyclic) bond motifs is 1. The van der Waals surface area contributed by atoms with Crippen molar-refractivity contribution in [3.05, 3.63) is 81.7 Å². The smallest absolute Gasteiger partial charge is 0.256 e. The van der Waals surface area contributed by atoms with Gasteiger partial charge in [0.2, 0.25) is 10.0 Å². The molecule has 3 heterocycles. The Labute approximate surface area is 233 Å². The second-order valence-corrected chi connectivity index (χ2v) is 13.8. The summed E-state index contributed by atoms with van der Waals surface area (Å²) in [6, 6.07) is 16.2. The van der Waals surface area contributed by atoms with Gasteiger partial charge in [0.25, 0.3) is 11.8 Å². The van der Waals surface area contributed by atoms with Gasteiger partial charge < -0.3 is 11.1 Å². The molecule has 8 nitrogen and oxygen atoms in total. The van der Waals surface area contributed by atoms with Gasteiger partial charge >= 0.3 is 0 Å². The summed E-state index contributed by atoms with van der Waals surface area (Å²) in [6.07, 6.45) is 1.68. The van der Waals surface area contributed by atoms with Gasteiger partial charge in [-0.1, -0.05) is 44.2 Å². The first-order valence-electron chi connectivity index (χ1n) is 13.2. The van der Waals surface area contributed by atoms with Crippen molar-refractivity contribution in [2.75, 3.05) is 25.0 Å². The Morgan fingerprint density at radius 1 is 1.03 bits per heavy atom. The number of sulfonamides is 1. The number of carbonyl (C=O) groups is 2. The van der Waals surface area contributed by atoms with Crippen molar-refractivity contribution in [1.29, 1.82) is 0 Å². The lowest BCUT2D eigenvalue weighted by Gasteiger charge is -2.34. The number of nitrogens with one attached hydrogen (secondary N) is 1. The molecule has 2 atom stereocenters. The molecule has 0 saturated carbocycles. The minimum Gasteiger partial charge on any atom is -0.365 e. The van der Waals surface area contributed by atoms with Crippen LogP contribution in [-0.4, -0.2) is 49.1 Å². The highest BCUT2D eigenvalue weighted by atomic mass is 32.2. The molecule has 2 aliphatic heterocycles. The quantitative estimate of drug-likeness (QED) is 0.442. The minimum absolute atomic E-state index is 0.170. The molecule has 206 valence electrons. The van der Waals surface area contributed by atoms with Gasteiger partial charge in [0.1, 0.15) is 5.00 Å². The van der Waals surface area contributed by atoms with Crippen molar-refractivity contribution in [1.82, 2.24) is 9.21 Å². The van der Waals surface area contributed by atoms with Gasteiger partial charge in [-0.2, -0.15) is 4.31 Å². The molecule has 1 fully saturated rings. The Morgan fingerprint density at radius 3 is 2.33 bits per heavy atom. The van der Waals surface area contributed by atoms with Gasteiger partial charge in [0.15, 0.2) is 0 Å². The number of piperidine rings is 1. The molecule has 0 radical (unpaired) electrons. The van der Waals surface area contributed by atoms with Crippen LogP contribution in [0.5, 0.6) is 0 Å². The SMILES string of the molecule is C[C@@H]1C[C@H](C)CN(S(=O)(=O)c2ccc(C(=O)Nc3sc4c(c3C(N)=O)CCN(Cc3ccccc3)C4)cc2)C1. The normalized spacial score (nSPS) is 20.4. The van der Waals surface area contributed by atoms with Gasteiger partial charge in [0.05, 0.1) is 10.5 Å². The van der Waals surface area contributed by atoms with Crippen molar-refractivity contribution < 1.29 is 18.0 Å². The van der Waals surface area contributed by atoms with Crippen LogP contribution in [0.4, 0.5) is 5.00 Å². The maximum Gasteiger partial charge on any atom is 0.256 e. The second kappa shape index (κ2) is 11.2. The predicted octanol–water partition coefficient (Wildman–Crippen LogP) is 4.32. The molecule has 0 spiro atoms. The minimum atomic E-state index is -3.64. The van der Waals surface area contributed by atoms with Crippen molar-refractivity contribution >= 4 is 38.2 Å². The van der Waals surface area contributed by atoms with E-state index in [1.807, 2.05) is 18.2 Å². The Bertz CT molecular complexity index is 1460. The average molecular weight is 567 g/mol. The molecule has 3 aromatic rings. The first-order valence-corrected chi connectivity index (χ1v) is 15.5. The molecular formula is C29H34N4O4S2. The number of carbonyl (C=O) groups excluding carboxylic acids is 2. The maximum absolute atomic E-state index is 13.2. The zero-order chi connectivity index (χ0) is 27.7. The van der Waals surface area contributed by atoms with Crippen LogP contribution >= 0.6 is 11.3 Å². The Morgan fingerprint density at radius 2 is 1.69 bits per heavy atom. The average Bonchev–Trinajstić information content (AvgIpc) is 3.26. The molecule has 0 aliphatic carbocycles. The lowest BCUT2D eigenvalue weighted by atomic mass is 9.94. The summed E-state index contributed by atoms with van der Waals surface area (Å²) in [4.78, 5) is 29.0. The van der Waals surface area contributed by atoms with Crippen LogP contribution in [0.1, 0.15) is 57.0 Å². The van der Waals surface area contributed by atoms with E-state index in [1.54, 1.807) is 0 Å². The van der Waals surface area contributed by atoms with Crippen LogP contribution in [0.15, 0.2) is 59.5 Å². The second-order valence-electron chi connectivity index (χ2n) is 10.8. The lowest BCUT2D eigenvalue weighted by molar-refractivity contribution is 0.0999. The topological polar surface area (TPSA) is 113 Å². The Kier molecular flexibility index (Phi) is 7.91. The molecule has 1 saturated heterocycles. The van der Waals surface area contributed by atoms with Gasteiger partial charge in [-0.05, 0) is 60.1 Å². The number of hydrogen-bond acceptors (Lipinski definition) is 6. The van der Waals surface area contributed by atoms with Crippen molar-refractivity contribution in [3.8, 4) is 0 Å². The molecule has 0 unspecified atom stereocenters. The number of thiophene rings is 1. The molecule has 10 heteroatoms. The summed E-state index contributed by atoms with van der Waals surface area (Å²) in [6.45, 7) is 7.38. The third-order valence-electron chi connectivity index (χ3n) is 7.45. The largest absolute Gasteiger partial charge is 0.365 e. The van der Waals surface area contributed by atoms with Crippen LogP contribution in [0.3, 0.4) is 0 Å². The number of anilines is 1. The number of rotatable bonds is 7. The summed E-state index contributed by atoms with van der Waals surface area (Å²) in [5, 5.41) is 3.30. The van der Waals surface area contributed by atoms with Crippen LogP contribution in [0.2, 0.25) is 0 Å². The van der Waals surface area contributed by atoms with E-state index in [0.717, 1.165) is 30.0 Å². The summed E-state index contributed by atoms with van der Waals surface area (Å²) in [5.41, 5.74) is 8.54. The number of amides is 2. The van der Waals surface area contributed by atoms with Gasteiger partial charge in [-0.25, -0.2) is 8.42 Å². The molecule has 2 aromatic carbocycles. The van der Waals surface area contributed by atoms with Crippen LogP contribution in [-0.2, 0) is 29.5 Å². The van der Waals surface area contributed by atoms with Gasteiger partial charge in [0, 0.05) is 43.2 Å². The molecule has 2 aliphatic rings. The van der Waals surface area contributed by atoms with E-state index in [4.69, 9.17) is 5.73 Å². The number of primary amides is 1. The monoisotopic (exact) mass is 566 g/mol. The van der Waals surface area contributed by atoms with Crippen molar-refractivity contribution in [2.24, 2.45) is 17.6 Å². The van der Waals surface area contributed by atoms with Gasteiger partial charge in [-0.15, -0.1) is 11.3 Å². The first-order chi connectivity index (χ1) is 18.6. The lowest BCUT2D eigenvalue weighted by Crippen LogP contribution is -2.42. The zero-order valence-electron chi connectivity index (χ0n) is 22.2. The van der Waals surface area contributed by atoms with Crippen LogP contribution in [0.25, 0.3) is 0 Å².